The third-order valence-electron chi connectivity index (χ3n) is 5.29. The van der Waals surface area contributed by atoms with Crippen molar-refractivity contribution in [2.24, 2.45) is 5.41 Å². The maximum Gasteiger partial charge on any atom is 0.270 e. The van der Waals surface area contributed by atoms with E-state index in [1.54, 1.807) is 6.20 Å². The minimum atomic E-state index is -0.0728. The quantitative estimate of drug-likeness (QED) is 0.910. The summed E-state index contributed by atoms with van der Waals surface area (Å²) in [5.41, 5.74) is 1.85. The highest BCUT2D eigenvalue weighted by atomic mass is 16.5. The summed E-state index contributed by atoms with van der Waals surface area (Å²) in [4.78, 5) is 16.7. The van der Waals surface area contributed by atoms with Crippen molar-refractivity contribution in [1.29, 1.82) is 0 Å². The monoisotopic (exact) mass is 316 g/mol. The number of pyridine rings is 1. The Morgan fingerprint density at radius 2 is 2.22 bits per heavy atom. The van der Waals surface area contributed by atoms with E-state index in [4.69, 9.17) is 9.47 Å². The van der Waals surface area contributed by atoms with Crippen LogP contribution in [0, 0.1) is 5.41 Å². The molecule has 2 aliphatic heterocycles. The van der Waals surface area contributed by atoms with Gasteiger partial charge >= 0.3 is 0 Å². The predicted molar refractivity (Wildman–Crippen MR) is 85.6 cm³/mol. The third kappa shape index (κ3) is 2.82. The van der Waals surface area contributed by atoms with E-state index in [0.29, 0.717) is 5.69 Å². The number of aromatic nitrogens is 1. The van der Waals surface area contributed by atoms with E-state index in [0.717, 1.165) is 56.6 Å². The summed E-state index contributed by atoms with van der Waals surface area (Å²) in [7, 11) is 0. The molecule has 0 aromatic carbocycles. The molecule has 0 bridgehead atoms. The van der Waals surface area contributed by atoms with Crippen LogP contribution in [0.3, 0.4) is 0 Å². The largest absolute Gasteiger partial charge is 0.492 e. The van der Waals surface area contributed by atoms with E-state index in [2.05, 4.69) is 24.1 Å². The Balaban J connectivity index is 1.36. The molecular formula is C18H24N2O3. The van der Waals surface area contributed by atoms with E-state index >= 15 is 0 Å². The number of amides is 1. The van der Waals surface area contributed by atoms with E-state index in [-0.39, 0.29) is 23.0 Å². The normalized spacial score (nSPS) is 31.1. The van der Waals surface area contributed by atoms with Crippen molar-refractivity contribution in [2.75, 3.05) is 13.2 Å². The highest BCUT2D eigenvalue weighted by Gasteiger charge is 2.52. The molecule has 5 heteroatoms. The first-order valence-electron chi connectivity index (χ1n) is 8.51. The van der Waals surface area contributed by atoms with Gasteiger partial charge in [0.05, 0.1) is 25.0 Å². The number of rotatable bonds is 2. The maximum atomic E-state index is 12.4. The minimum absolute atomic E-state index is 0.0188. The van der Waals surface area contributed by atoms with Crippen LogP contribution in [0.5, 0.6) is 5.75 Å². The number of carbonyl (C=O) groups excluding carboxylic acids is 1. The van der Waals surface area contributed by atoms with Crippen molar-refractivity contribution in [3.05, 3.63) is 23.5 Å². The maximum absolute atomic E-state index is 12.4. The van der Waals surface area contributed by atoms with Crippen molar-refractivity contribution < 1.29 is 14.3 Å². The summed E-state index contributed by atoms with van der Waals surface area (Å²) in [5.74, 6) is 0.747. The number of carbonyl (C=O) groups is 1. The Morgan fingerprint density at radius 1 is 1.39 bits per heavy atom. The molecule has 3 heterocycles. The van der Waals surface area contributed by atoms with E-state index < -0.39 is 0 Å². The molecule has 2 fully saturated rings. The lowest BCUT2D eigenvalue weighted by atomic mass is 9.63. The van der Waals surface area contributed by atoms with Crippen LogP contribution in [-0.2, 0) is 11.2 Å². The molecule has 5 nitrogen and oxygen atoms in total. The molecule has 1 aliphatic carbocycles. The molecule has 1 aromatic rings. The predicted octanol–water partition coefficient (Wildman–Crippen LogP) is 2.48. The van der Waals surface area contributed by atoms with Crippen LogP contribution in [0.25, 0.3) is 0 Å². The first-order valence-corrected chi connectivity index (χ1v) is 8.51. The fourth-order valence-corrected chi connectivity index (χ4v) is 4.34. The fraction of sp³-hybridized carbons (Fsp3) is 0.667. The number of nitrogens with one attached hydrogen (secondary N) is 1. The average Bonchev–Trinajstić information content (AvgIpc) is 2.82. The zero-order chi connectivity index (χ0) is 16.1. The summed E-state index contributed by atoms with van der Waals surface area (Å²) in [6, 6.07) is 2.12. The molecule has 1 spiro atoms. The summed E-state index contributed by atoms with van der Waals surface area (Å²) < 4.78 is 11.4. The summed E-state index contributed by atoms with van der Waals surface area (Å²) >= 11 is 0. The summed E-state index contributed by atoms with van der Waals surface area (Å²) in [6.45, 7) is 5.85. The molecule has 23 heavy (non-hydrogen) atoms. The van der Waals surface area contributed by atoms with Crippen LogP contribution < -0.4 is 10.1 Å². The van der Waals surface area contributed by atoms with Crippen LogP contribution in [0.2, 0.25) is 0 Å². The lowest BCUT2D eigenvalue weighted by molar-refractivity contribution is 0.0177. The van der Waals surface area contributed by atoms with Crippen molar-refractivity contribution in [3.63, 3.8) is 0 Å². The molecule has 4 rings (SSSR count). The van der Waals surface area contributed by atoms with Crippen LogP contribution in [0.4, 0.5) is 0 Å². The van der Waals surface area contributed by atoms with Crippen molar-refractivity contribution in [2.45, 2.75) is 57.6 Å². The van der Waals surface area contributed by atoms with Crippen LogP contribution in [-0.4, -0.2) is 35.7 Å². The SMILES string of the molecule is CC1(C)CC2(CO1)CC(NC(=O)c1cc3c(cn1)OCCC3)C2. The number of nitrogens with zero attached hydrogens (tertiary/aromatic N) is 1. The van der Waals surface area contributed by atoms with Gasteiger partial charge in [0, 0.05) is 11.5 Å². The van der Waals surface area contributed by atoms with Gasteiger partial charge in [-0.3, -0.25) is 4.79 Å². The molecule has 1 saturated heterocycles. The number of fused-ring (bicyclic) bond motifs is 1. The van der Waals surface area contributed by atoms with Gasteiger partial charge in [0.1, 0.15) is 11.4 Å². The Hall–Kier alpha value is -1.62. The lowest BCUT2D eigenvalue weighted by Crippen LogP contribution is -2.51. The molecule has 1 saturated carbocycles. The Labute approximate surface area is 136 Å². The van der Waals surface area contributed by atoms with Gasteiger partial charge in [-0.1, -0.05) is 0 Å². The Bertz CT molecular complexity index is 635. The van der Waals surface area contributed by atoms with Crippen molar-refractivity contribution >= 4 is 5.91 Å². The highest BCUT2D eigenvalue weighted by Crippen LogP contribution is 2.52. The molecule has 0 radical (unpaired) electrons. The van der Waals surface area contributed by atoms with Crippen molar-refractivity contribution in [1.82, 2.24) is 10.3 Å². The van der Waals surface area contributed by atoms with Crippen LogP contribution in [0.15, 0.2) is 12.3 Å². The molecule has 0 unspecified atom stereocenters. The Kier molecular flexibility index (Phi) is 3.38. The second-order valence-corrected chi connectivity index (χ2v) is 7.93. The van der Waals surface area contributed by atoms with Gasteiger partial charge in [0.25, 0.3) is 5.91 Å². The zero-order valence-electron chi connectivity index (χ0n) is 13.9. The number of aryl methyl sites for hydroxylation is 1. The van der Waals surface area contributed by atoms with E-state index in [9.17, 15) is 4.79 Å². The van der Waals surface area contributed by atoms with Gasteiger partial charge in [-0.2, -0.15) is 0 Å². The number of ether oxygens (including phenoxy) is 2. The zero-order valence-corrected chi connectivity index (χ0v) is 13.9. The minimum Gasteiger partial charge on any atom is -0.492 e. The molecule has 1 N–H and O–H groups in total. The first kappa shape index (κ1) is 14.9. The summed E-state index contributed by atoms with van der Waals surface area (Å²) in [5, 5.41) is 3.12. The van der Waals surface area contributed by atoms with Crippen LogP contribution >= 0.6 is 0 Å². The van der Waals surface area contributed by atoms with Gasteiger partial charge in [0.2, 0.25) is 0 Å². The van der Waals surface area contributed by atoms with Gasteiger partial charge < -0.3 is 14.8 Å². The topological polar surface area (TPSA) is 60.5 Å². The van der Waals surface area contributed by atoms with E-state index in [1.165, 1.54) is 0 Å². The molecule has 1 amide bonds. The van der Waals surface area contributed by atoms with Gasteiger partial charge in [-0.25, -0.2) is 4.98 Å². The average molecular weight is 316 g/mol. The van der Waals surface area contributed by atoms with Gasteiger partial charge in [-0.05, 0) is 57.6 Å². The first-order chi connectivity index (χ1) is 10.9. The second kappa shape index (κ2) is 5.20. The third-order valence-corrected chi connectivity index (χ3v) is 5.29. The number of hydrogen-bond acceptors (Lipinski definition) is 4. The van der Waals surface area contributed by atoms with E-state index in [1.807, 2.05) is 6.07 Å². The van der Waals surface area contributed by atoms with Gasteiger partial charge in [0.15, 0.2) is 0 Å². The molecule has 124 valence electrons. The molecule has 0 atom stereocenters. The van der Waals surface area contributed by atoms with Crippen LogP contribution in [0.1, 0.15) is 55.6 Å². The molecular weight excluding hydrogens is 292 g/mol. The van der Waals surface area contributed by atoms with Crippen molar-refractivity contribution in [3.8, 4) is 5.75 Å². The smallest absolute Gasteiger partial charge is 0.270 e. The lowest BCUT2D eigenvalue weighted by Gasteiger charge is -2.44. The molecule has 1 aromatic heterocycles. The number of hydrogen-bond donors (Lipinski definition) is 1. The summed E-state index contributed by atoms with van der Waals surface area (Å²) in [6.07, 6.45) is 6.74. The van der Waals surface area contributed by atoms with Gasteiger partial charge in [-0.15, -0.1) is 0 Å². The fourth-order valence-electron chi connectivity index (χ4n) is 4.34. The molecule has 3 aliphatic rings. The standard InChI is InChI=1S/C18H24N2O3/c1-17(2)10-18(11-23-17)7-13(8-18)20-16(21)14-6-12-4-3-5-22-15(12)9-19-14/h6,9,13H,3-5,7-8,10-11H2,1-2H3,(H,20,21). The Morgan fingerprint density at radius 3 is 2.96 bits per heavy atom. The second-order valence-electron chi connectivity index (χ2n) is 7.93. The highest BCUT2D eigenvalue weighted by molar-refractivity contribution is 5.92.